The first-order valence-electron chi connectivity index (χ1n) is 8.96. The van der Waals surface area contributed by atoms with E-state index in [1.807, 2.05) is 0 Å². The molecule has 0 radical (unpaired) electrons. The molecule has 1 aliphatic rings. The maximum atomic E-state index is 2.82. The summed E-state index contributed by atoms with van der Waals surface area (Å²) in [5, 5.41) is 1.72. The van der Waals surface area contributed by atoms with E-state index in [1.54, 1.807) is 5.19 Å². The fourth-order valence-electron chi connectivity index (χ4n) is 3.85. The Morgan fingerprint density at radius 1 is 0.818 bits per heavy atom. The lowest BCUT2D eigenvalue weighted by atomic mass is 10.1. The highest BCUT2D eigenvalue weighted by molar-refractivity contribution is 7.71. The van der Waals surface area contributed by atoms with E-state index in [0.29, 0.717) is 0 Å². The number of benzene rings is 1. The minimum absolute atomic E-state index is 1.11. The highest BCUT2D eigenvalue weighted by Crippen LogP contribution is 2.30. The molecule has 1 heterocycles. The van der Waals surface area contributed by atoms with E-state index in [-0.39, 0.29) is 0 Å². The van der Waals surface area contributed by atoms with Crippen molar-refractivity contribution in [2.45, 2.75) is 58.5 Å². The summed E-state index contributed by atoms with van der Waals surface area (Å²) in [6, 6.07) is 11.6. The van der Waals surface area contributed by atoms with Gasteiger partial charge in [0, 0.05) is 14.7 Å². The van der Waals surface area contributed by atoms with E-state index < -0.39 is 22.3 Å². The average molecular weight is 350 g/mol. The molecule has 2 rings (SSSR count). The number of hydrogen-bond acceptors (Lipinski definition) is 1. The molecular formula is C18H35NSi3. The molecule has 124 valence electrons. The average Bonchev–Trinajstić information content (AvgIpc) is 2.48. The van der Waals surface area contributed by atoms with Crippen LogP contribution in [0.15, 0.2) is 30.3 Å². The first kappa shape index (κ1) is 18.2. The lowest BCUT2D eigenvalue weighted by Crippen LogP contribution is -2.78. The Labute approximate surface area is 140 Å². The van der Waals surface area contributed by atoms with Crippen molar-refractivity contribution in [2.75, 3.05) is 19.3 Å². The molecule has 1 fully saturated rings. The second kappa shape index (κ2) is 6.75. The van der Waals surface area contributed by atoms with Gasteiger partial charge >= 0.3 is 0 Å². The second-order valence-electron chi connectivity index (χ2n) is 8.91. The smallest absolute Gasteiger partial charge is 0.0887 e. The van der Waals surface area contributed by atoms with E-state index in [1.165, 1.54) is 38.5 Å². The third-order valence-electron chi connectivity index (χ3n) is 6.65. The van der Waals surface area contributed by atoms with Crippen LogP contribution in [0.5, 0.6) is 0 Å². The first-order valence-corrected chi connectivity index (χ1v) is 20.2. The van der Waals surface area contributed by atoms with Crippen LogP contribution in [0.25, 0.3) is 0 Å². The molecule has 1 aromatic rings. The summed E-state index contributed by atoms with van der Waals surface area (Å²) in [5.74, 6) is 0. The van der Waals surface area contributed by atoms with Crippen LogP contribution in [0.2, 0.25) is 39.3 Å². The molecule has 0 amide bonds. The molecule has 4 heteroatoms. The van der Waals surface area contributed by atoms with Gasteiger partial charge in [-0.2, -0.15) is 0 Å². The first-order chi connectivity index (χ1) is 10.2. The maximum absolute atomic E-state index is 2.82. The molecule has 1 aliphatic heterocycles. The van der Waals surface area contributed by atoms with Crippen LogP contribution < -0.4 is 5.19 Å². The van der Waals surface area contributed by atoms with Crippen LogP contribution in [0.3, 0.4) is 0 Å². The SMILES string of the molecule is C[Si](C)(C)[Si](C)(C)[Si@@](C)(CN1CCCCC1)c1ccccc1. The van der Waals surface area contributed by atoms with Gasteiger partial charge in [-0.1, -0.05) is 81.2 Å². The summed E-state index contributed by atoms with van der Waals surface area (Å²) in [5.41, 5.74) is 0. The molecule has 1 atom stereocenters. The molecule has 0 N–H and O–H groups in total. The lowest BCUT2D eigenvalue weighted by molar-refractivity contribution is 0.260. The van der Waals surface area contributed by atoms with Gasteiger partial charge in [-0.15, -0.1) is 0 Å². The van der Waals surface area contributed by atoms with Gasteiger partial charge in [-0.25, -0.2) is 0 Å². The summed E-state index contributed by atoms with van der Waals surface area (Å²) in [7, 11) is -3.81. The molecule has 1 aromatic carbocycles. The fraction of sp³-hybridized carbons (Fsp3) is 0.667. The monoisotopic (exact) mass is 349 g/mol. The van der Waals surface area contributed by atoms with Crippen LogP contribution in [0.4, 0.5) is 0 Å². The van der Waals surface area contributed by atoms with E-state index >= 15 is 0 Å². The van der Waals surface area contributed by atoms with Gasteiger partial charge in [-0.05, 0) is 32.1 Å². The van der Waals surface area contributed by atoms with Crippen molar-refractivity contribution in [2.24, 2.45) is 0 Å². The number of likely N-dealkylation sites (tertiary alicyclic amines) is 1. The molecule has 0 bridgehead atoms. The predicted molar refractivity (Wildman–Crippen MR) is 109 cm³/mol. The minimum atomic E-state index is -1.45. The van der Waals surface area contributed by atoms with E-state index in [9.17, 15) is 0 Å². The number of hydrogen-bond donors (Lipinski definition) is 0. The number of nitrogens with zero attached hydrogens (tertiary/aromatic N) is 1. The van der Waals surface area contributed by atoms with Crippen molar-refractivity contribution in [3.8, 4) is 0 Å². The zero-order valence-corrected chi connectivity index (χ0v) is 18.6. The Balaban J connectivity index is 2.40. The number of piperidine rings is 1. The Kier molecular flexibility index (Phi) is 5.58. The molecule has 0 aliphatic carbocycles. The summed E-state index contributed by atoms with van der Waals surface area (Å²) in [6.07, 6.45) is 5.66. The molecule has 1 saturated heterocycles. The lowest BCUT2D eigenvalue weighted by Gasteiger charge is -2.51. The summed E-state index contributed by atoms with van der Waals surface area (Å²) in [4.78, 5) is 2.82. The zero-order valence-electron chi connectivity index (χ0n) is 15.6. The zero-order chi connectivity index (χ0) is 16.4. The van der Waals surface area contributed by atoms with Crippen LogP contribution in [0, 0.1) is 0 Å². The highest BCUT2D eigenvalue weighted by Gasteiger charge is 2.53. The fourth-order valence-corrected chi connectivity index (χ4v) is 35.3. The second-order valence-corrected chi connectivity index (χ2v) is 37.0. The third kappa shape index (κ3) is 3.50. The van der Waals surface area contributed by atoms with Crippen molar-refractivity contribution >= 4 is 27.5 Å². The number of rotatable bonds is 5. The topological polar surface area (TPSA) is 3.24 Å². The van der Waals surface area contributed by atoms with Crippen LogP contribution in [-0.2, 0) is 0 Å². The molecule has 22 heavy (non-hydrogen) atoms. The molecule has 1 nitrogen and oxygen atoms in total. The molecule has 0 unspecified atom stereocenters. The summed E-state index contributed by atoms with van der Waals surface area (Å²) in [6.45, 7) is 18.7. The van der Waals surface area contributed by atoms with Crippen LogP contribution in [-0.4, -0.2) is 46.4 Å². The van der Waals surface area contributed by atoms with Crippen molar-refractivity contribution in [3.05, 3.63) is 30.3 Å². The van der Waals surface area contributed by atoms with Gasteiger partial charge in [0.15, 0.2) is 0 Å². The van der Waals surface area contributed by atoms with Gasteiger partial charge in [0.25, 0.3) is 0 Å². The Hall–Kier alpha value is -0.169. The van der Waals surface area contributed by atoms with Gasteiger partial charge in [0.05, 0.1) is 7.59 Å². The third-order valence-corrected chi connectivity index (χ3v) is 48.4. The molecular weight excluding hydrogens is 314 g/mol. The van der Waals surface area contributed by atoms with E-state index in [4.69, 9.17) is 0 Å². The standard InChI is InChI=1S/C18H35NSi3/c1-20(2,3)21(4,5)22(6,18-13-9-7-10-14-18)17-19-15-11-8-12-16-19/h7,9-10,13-14H,8,11-12,15-17H2,1-6H3/t22-/m0/s1. The van der Waals surface area contributed by atoms with E-state index in [2.05, 4.69) is 74.5 Å². The quantitative estimate of drug-likeness (QED) is 0.720. The molecule has 0 aromatic heterocycles. The Morgan fingerprint density at radius 2 is 1.36 bits per heavy atom. The van der Waals surface area contributed by atoms with Gasteiger partial charge in [-0.3, -0.25) is 0 Å². The normalized spacial score (nSPS) is 20.6. The van der Waals surface area contributed by atoms with Crippen molar-refractivity contribution in [3.63, 3.8) is 0 Å². The maximum Gasteiger partial charge on any atom is 0.0887 e. The van der Waals surface area contributed by atoms with Gasteiger partial charge < -0.3 is 4.90 Å². The summed E-state index contributed by atoms with van der Waals surface area (Å²) < 4.78 is 0. The Bertz CT molecular complexity index is 475. The Morgan fingerprint density at radius 3 is 1.86 bits per heavy atom. The van der Waals surface area contributed by atoms with Crippen molar-refractivity contribution in [1.29, 1.82) is 0 Å². The summed E-state index contributed by atoms with van der Waals surface area (Å²) >= 11 is 0. The predicted octanol–water partition coefficient (Wildman–Crippen LogP) is 4.20. The van der Waals surface area contributed by atoms with Crippen molar-refractivity contribution < 1.29 is 0 Å². The van der Waals surface area contributed by atoms with Gasteiger partial charge in [0.2, 0.25) is 0 Å². The molecule has 0 spiro atoms. The van der Waals surface area contributed by atoms with Crippen LogP contribution >= 0.6 is 0 Å². The largest absolute Gasteiger partial charge is 0.306 e. The molecule has 0 saturated carbocycles. The highest BCUT2D eigenvalue weighted by atomic mass is 29.6. The van der Waals surface area contributed by atoms with Crippen molar-refractivity contribution in [1.82, 2.24) is 4.90 Å². The van der Waals surface area contributed by atoms with Crippen LogP contribution in [0.1, 0.15) is 19.3 Å². The van der Waals surface area contributed by atoms with Gasteiger partial charge in [0.1, 0.15) is 0 Å². The van der Waals surface area contributed by atoms with E-state index in [0.717, 1.165) is 0 Å². The minimum Gasteiger partial charge on any atom is -0.306 e.